The van der Waals surface area contributed by atoms with E-state index >= 15 is 0 Å². The van der Waals surface area contributed by atoms with Gasteiger partial charge in [-0.25, -0.2) is 0 Å². The van der Waals surface area contributed by atoms with Crippen LogP contribution in [0.25, 0.3) is 0 Å². The van der Waals surface area contributed by atoms with Crippen molar-refractivity contribution in [1.82, 2.24) is 5.32 Å². The minimum Gasteiger partial charge on any atom is -0.456 e. The highest BCUT2D eigenvalue weighted by Crippen LogP contribution is 2.30. The fraction of sp³-hybridized carbons (Fsp3) is 0.133. The summed E-state index contributed by atoms with van der Waals surface area (Å²) in [5, 5.41) is 12.7. The van der Waals surface area contributed by atoms with E-state index in [9.17, 15) is 0 Å². The third kappa shape index (κ3) is 3.25. The highest BCUT2D eigenvalue weighted by molar-refractivity contribution is 6.30. The molecule has 0 saturated heterocycles. The van der Waals surface area contributed by atoms with E-state index in [4.69, 9.17) is 21.6 Å². The number of para-hydroxylation sites is 1. The van der Waals surface area contributed by atoms with Crippen LogP contribution < -0.4 is 10.1 Å². The van der Waals surface area contributed by atoms with Gasteiger partial charge in [0, 0.05) is 23.2 Å². The standard InChI is InChI=1S/C15H13ClN2O/c1-18-10-12-4-2-3-5-14(12)19-15-8-13(16)7-6-11(15)9-17/h2-8,18H,10H2,1H3. The first-order chi connectivity index (χ1) is 9.24. The van der Waals surface area contributed by atoms with Gasteiger partial charge in [0.2, 0.25) is 0 Å². The van der Waals surface area contributed by atoms with E-state index in [-0.39, 0.29) is 0 Å². The van der Waals surface area contributed by atoms with Crippen molar-refractivity contribution in [3.63, 3.8) is 0 Å². The second kappa shape index (κ2) is 6.24. The molecule has 0 bridgehead atoms. The van der Waals surface area contributed by atoms with Gasteiger partial charge < -0.3 is 10.1 Å². The molecule has 0 fully saturated rings. The van der Waals surface area contributed by atoms with Gasteiger partial charge in [0.1, 0.15) is 17.6 Å². The molecule has 96 valence electrons. The van der Waals surface area contributed by atoms with Crippen LogP contribution in [0.5, 0.6) is 11.5 Å². The Morgan fingerprint density at radius 3 is 2.74 bits per heavy atom. The van der Waals surface area contributed by atoms with Gasteiger partial charge in [-0.05, 0) is 25.2 Å². The maximum atomic E-state index is 9.07. The maximum Gasteiger partial charge on any atom is 0.146 e. The molecule has 0 radical (unpaired) electrons. The van der Waals surface area contributed by atoms with Crippen LogP contribution in [-0.2, 0) is 6.54 Å². The number of nitrogens with zero attached hydrogens (tertiary/aromatic N) is 1. The zero-order chi connectivity index (χ0) is 13.7. The Kier molecular flexibility index (Phi) is 4.40. The molecule has 1 N–H and O–H groups in total. The molecule has 19 heavy (non-hydrogen) atoms. The lowest BCUT2D eigenvalue weighted by molar-refractivity contribution is 0.473. The Balaban J connectivity index is 2.36. The summed E-state index contributed by atoms with van der Waals surface area (Å²) < 4.78 is 5.82. The molecule has 3 nitrogen and oxygen atoms in total. The van der Waals surface area contributed by atoms with Crippen molar-refractivity contribution in [1.29, 1.82) is 5.26 Å². The van der Waals surface area contributed by atoms with E-state index in [0.29, 0.717) is 22.9 Å². The molecule has 2 rings (SSSR count). The van der Waals surface area contributed by atoms with Crippen molar-refractivity contribution in [3.05, 3.63) is 58.6 Å². The maximum absolute atomic E-state index is 9.07. The van der Waals surface area contributed by atoms with Crippen LogP contribution in [-0.4, -0.2) is 7.05 Å². The summed E-state index contributed by atoms with van der Waals surface area (Å²) >= 11 is 5.94. The van der Waals surface area contributed by atoms with Gasteiger partial charge in [-0.1, -0.05) is 29.8 Å². The highest BCUT2D eigenvalue weighted by Gasteiger charge is 2.08. The molecular weight excluding hydrogens is 260 g/mol. The van der Waals surface area contributed by atoms with Crippen molar-refractivity contribution in [2.24, 2.45) is 0 Å². The van der Waals surface area contributed by atoms with E-state index in [1.54, 1.807) is 18.2 Å². The lowest BCUT2D eigenvalue weighted by atomic mass is 10.2. The van der Waals surface area contributed by atoms with E-state index in [1.165, 1.54) is 0 Å². The summed E-state index contributed by atoms with van der Waals surface area (Å²) in [4.78, 5) is 0. The highest BCUT2D eigenvalue weighted by atomic mass is 35.5. The predicted octanol–water partition coefficient (Wildman–Crippen LogP) is 3.72. The van der Waals surface area contributed by atoms with Crippen molar-refractivity contribution in [2.45, 2.75) is 6.54 Å². The van der Waals surface area contributed by atoms with E-state index in [1.807, 2.05) is 31.3 Å². The number of benzene rings is 2. The predicted molar refractivity (Wildman–Crippen MR) is 75.4 cm³/mol. The van der Waals surface area contributed by atoms with Gasteiger partial charge in [-0.2, -0.15) is 5.26 Å². The monoisotopic (exact) mass is 272 g/mol. The molecule has 0 spiro atoms. The zero-order valence-corrected chi connectivity index (χ0v) is 11.2. The average Bonchev–Trinajstić information content (AvgIpc) is 2.42. The Morgan fingerprint density at radius 1 is 1.21 bits per heavy atom. The summed E-state index contributed by atoms with van der Waals surface area (Å²) in [6, 6.07) is 14.8. The third-order valence-corrected chi connectivity index (χ3v) is 2.86. The normalized spacial score (nSPS) is 9.95. The van der Waals surface area contributed by atoms with Crippen molar-refractivity contribution in [3.8, 4) is 17.6 Å². The Morgan fingerprint density at radius 2 is 2.00 bits per heavy atom. The van der Waals surface area contributed by atoms with Crippen LogP contribution in [0.1, 0.15) is 11.1 Å². The molecule has 0 atom stereocenters. The van der Waals surface area contributed by atoms with E-state index in [2.05, 4.69) is 11.4 Å². The van der Waals surface area contributed by atoms with Gasteiger partial charge in [0.25, 0.3) is 0 Å². The molecule has 4 heteroatoms. The number of halogens is 1. The van der Waals surface area contributed by atoms with Gasteiger partial charge in [-0.3, -0.25) is 0 Å². The third-order valence-electron chi connectivity index (χ3n) is 2.62. The van der Waals surface area contributed by atoms with Gasteiger partial charge in [-0.15, -0.1) is 0 Å². The largest absolute Gasteiger partial charge is 0.456 e. The van der Waals surface area contributed by atoms with Crippen LogP contribution in [0, 0.1) is 11.3 Å². The fourth-order valence-corrected chi connectivity index (χ4v) is 1.89. The summed E-state index contributed by atoms with van der Waals surface area (Å²) in [5.41, 5.74) is 1.48. The minimum absolute atomic E-state index is 0.462. The van der Waals surface area contributed by atoms with Crippen LogP contribution in [0.15, 0.2) is 42.5 Å². The van der Waals surface area contributed by atoms with E-state index in [0.717, 1.165) is 11.3 Å². The second-order valence-electron chi connectivity index (χ2n) is 3.99. The number of hydrogen-bond acceptors (Lipinski definition) is 3. The lowest BCUT2D eigenvalue weighted by Crippen LogP contribution is -2.06. The quantitative estimate of drug-likeness (QED) is 0.922. The Hall–Kier alpha value is -2.02. The number of nitriles is 1. The smallest absolute Gasteiger partial charge is 0.146 e. The molecule has 0 aliphatic carbocycles. The summed E-state index contributed by atoms with van der Waals surface area (Å²) in [6.07, 6.45) is 0. The van der Waals surface area contributed by atoms with Crippen molar-refractivity contribution >= 4 is 11.6 Å². The molecular formula is C15H13ClN2O. The van der Waals surface area contributed by atoms with Crippen LogP contribution in [0.4, 0.5) is 0 Å². The lowest BCUT2D eigenvalue weighted by Gasteiger charge is -2.12. The molecule has 0 aliphatic heterocycles. The first-order valence-electron chi connectivity index (χ1n) is 5.84. The summed E-state index contributed by atoms with van der Waals surface area (Å²) in [5.74, 6) is 1.19. The number of ether oxygens (including phenoxy) is 1. The van der Waals surface area contributed by atoms with Gasteiger partial charge in [0.05, 0.1) is 5.56 Å². The van der Waals surface area contributed by atoms with Crippen LogP contribution in [0.2, 0.25) is 5.02 Å². The number of rotatable bonds is 4. The first kappa shape index (κ1) is 13.4. The minimum atomic E-state index is 0.462. The molecule has 0 saturated carbocycles. The SMILES string of the molecule is CNCc1ccccc1Oc1cc(Cl)ccc1C#N. The van der Waals surface area contributed by atoms with Gasteiger partial charge in [0.15, 0.2) is 0 Å². The number of hydrogen-bond donors (Lipinski definition) is 1. The van der Waals surface area contributed by atoms with Crippen molar-refractivity contribution in [2.75, 3.05) is 7.05 Å². The molecule has 2 aromatic rings. The average molecular weight is 273 g/mol. The Labute approximate surface area is 117 Å². The van der Waals surface area contributed by atoms with Crippen LogP contribution >= 0.6 is 11.6 Å². The topological polar surface area (TPSA) is 45.0 Å². The van der Waals surface area contributed by atoms with Crippen LogP contribution in [0.3, 0.4) is 0 Å². The zero-order valence-electron chi connectivity index (χ0n) is 10.5. The first-order valence-corrected chi connectivity index (χ1v) is 6.22. The molecule has 0 unspecified atom stereocenters. The molecule has 0 aromatic heterocycles. The van der Waals surface area contributed by atoms with E-state index < -0.39 is 0 Å². The molecule has 0 aliphatic rings. The summed E-state index contributed by atoms with van der Waals surface area (Å²) in [6.45, 7) is 0.693. The Bertz CT molecular complexity index is 620. The number of nitrogens with one attached hydrogen (secondary N) is 1. The fourth-order valence-electron chi connectivity index (χ4n) is 1.73. The summed E-state index contributed by atoms with van der Waals surface area (Å²) in [7, 11) is 1.87. The van der Waals surface area contributed by atoms with Gasteiger partial charge >= 0.3 is 0 Å². The molecule has 0 amide bonds. The van der Waals surface area contributed by atoms with Crippen molar-refractivity contribution < 1.29 is 4.74 Å². The second-order valence-corrected chi connectivity index (χ2v) is 4.43. The molecule has 2 aromatic carbocycles. The molecule has 0 heterocycles.